The van der Waals surface area contributed by atoms with Crippen LogP contribution < -0.4 is 5.32 Å². The molecule has 2 aromatic rings. The summed E-state index contributed by atoms with van der Waals surface area (Å²) in [5.74, 6) is -0.499. The molecule has 17 heavy (non-hydrogen) atoms. The lowest BCUT2D eigenvalue weighted by Crippen LogP contribution is -1.97. The second-order valence-corrected chi connectivity index (χ2v) is 4.30. The fourth-order valence-electron chi connectivity index (χ4n) is 1.18. The van der Waals surface area contributed by atoms with E-state index in [0.29, 0.717) is 10.7 Å². The van der Waals surface area contributed by atoms with Crippen molar-refractivity contribution in [2.24, 2.45) is 0 Å². The van der Waals surface area contributed by atoms with E-state index in [1.165, 1.54) is 18.2 Å². The van der Waals surface area contributed by atoms with Gasteiger partial charge in [0.15, 0.2) is 10.3 Å². The van der Waals surface area contributed by atoms with Crippen molar-refractivity contribution < 1.29 is 4.39 Å². The third-order valence-electron chi connectivity index (χ3n) is 1.92. The highest BCUT2D eigenvalue weighted by Gasteiger charge is 2.08. The molecular weight excluding hydrogens is 287 g/mol. The lowest BCUT2D eigenvalue weighted by Gasteiger charge is -2.08. The van der Waals surface area contributed by atoms with E-state index < -0.39 is 5.82 Å². The van der Waals surface area contributed by atoms with Gasteiger partial charge in [-0.05, 0) is 18.2 Å². The quantitative estimate of drug-likeness (QED) is 0.895. The van der Waals surface area contributed by atoms with Crippen LogP contribution in [-0.4, -0.2) is 10.2 Å². The molecule has 0 amide bonds. The summed E-state index contributed by atoms with van der Waals surface area (Å²) in [6.07, 6.45) is 0. The van der Waals surface area contributed by atoms with E-state index in [1.54, 1.807) is 6.07 Å². The summed E-state index contributed by atoms with van der Waals surface area (Å²) in [5.41, 5.74) is 0.591. The SMILES string of the molecule is Fc1cc(Cl)ccc1Nc1cc(Cl)nnc1Cl. The largest absolute Gasteiger partial charge is 0.350 e. The minimum atomic E-state index is -0.499. The highest BCUT2D eigenvalue weighted by atomic mass is 35.5. The van der Waals surface area contributed by atoms with Gasteiger partial charge in [0.2, 0.25) is 0 Å². The molecule has 88 valence electrons. The Balaban J connectivity index is 2.34. The van der Waals surface area contributed by atoms with E-state index in [0.717, 1.165) is 0 Å². The maximum Gasteiger partial charge on any atom is 0.175 e. The number of hydrogen-bond donors (Lipinski definition) is 1. The molecular formula is C10H5Cl3FN3. The van der Waals surface area contributed by atoms with Gasteiger partial charge < -0.3 is 5.32 Å². The monoisotopic (exact) mass is 291 g/mol. The molecule has 0 saturated heterocycles. The van der Waals surface area contributed by atoms with Crippen LogP contribution in [0, 0.1) is 5.82 Å². The molecule has 2 rings (SSSR count). The van der Waals surface area contributed by atoms with E-state index in [9.17, 15) is 4.39 Å². The van der Waals surface area contributed by atoms with Crippen molar-refractivity contribution in [3.05, 3.63) is 45.4 Å². The molecule has 0 aliphatic carbocycles. The molecule has 7 heteroatoms. The average Bonchev–Trinajstić information content (AvgIpc) is 2.27. The molecule has 0 atom stereocenters. The van der Waals surface area contributed by atoms with Gasteiger partial charge in [0.05, 0.1) is 11.4 Å². The Morgan fingerprint density at radius 1 is 1.00 bits per heavy atom. The van der Waals surface area contributed by atoms with Crippen molar-refractivity contribution in [3.63, 3.8) is 0 Å². The molecule has 0 fully saturated rings. The van der Waals surface area contributed by atoms with E-state index in [-0.39, 0.29) is 16.0 Å². The number of rotatable bonds is 2. The zero-order valence-electron chi connectivity index (χ0n) is 8.22. The second kappa shape index (κ2) is 5.04. The second-order valence-electron chi connectivity index (χ2n) is 3.12. The van der Waals surface area contributed by atoms with Gasteiger partial charge in [0.25, 0.3) is 0 Å². The molecule has 1 aromatic heterocycles. The van der Waals surface area contributed by atoms with Crippen molar-refractivity contribution in [1.82, 2.24) is 10.2 Å². The normalized spacial score (nSPS) is 10.4. The first-order chi connectivity index (χ1) is 8.06. The van der Waals surface area contributed by atoms with Crippen LogP contribution in [0.5, 0.6) is 0 Å². The first kappa shape index (κ1) is 12.4. The Labute approximate surface area is 112 Å². The lowest BCUT2D eigenvalue weighted by atomic mass is 10.3. The minimum Gasteiger partial charge on any atom is -0.350 e. The Bertz CT molecular complexity index is 562. The Morgan fingerprint density at radius 3 is 2.47 bits per heavy atom. The summed E-state index contributed by atoms with van der Waals surface area (Å²) in [5, 5.41) is 10.5. The number of aromatic nitrogens is 2. The van der Waals surface area contributed by atoms with Gasteiger partial charge in [0, 0.05) is 11.1 Å². The van der Waals surface area contributed by atoms with Crippen LogP contribution in [0.25, 0.3) is 0 Å². The van der Waals surface area contributed by atoms with Crippen molar-refractivity contribution in [2.45, 2.75) is 0 Å². The fraction of sp³-hybridized carbons (Fsp3) is 0. The smallest absolute Gasteiger partial charge is 0.175 e. The van der Waals surface area contributed by atoms with Crippen LogP contribution in [0.15, 0.2) is 24.3 Å². The summed E-state index contributed by atoms with van der Waals surface area (Å²) in [6, 6.07) is 5.68. The maximum absolute atomic E-state index is 13.5. The molecule has 0 bridgehead atoms. The maximum atomic E-state index is 13.5. The molecule has 0 radical (unpaired) electrons. The third kappa shape index (κ3) is 2.97. The number of anilines is 2. The minimum absolute atomic E-state index is 0.101. The van der Waals surface area contributed by atoms with Gasteiger partial charge in [-0.15, -0.1) is 10.2 Å². The summed E-state index contributed by atoms with van der Waals surface area (Å²) in [4.78, 5) is 0. The van der Waals surface area contributed by atoms with E-state index in [1.807, 2.05) is 0 Å². The Morgan fingerprint density at radius 2 is 1.76 bits per heavy atom. The van der Waals surface area contributed by atoms with E-state index in [2.05, 4.69) is 15.5 Å². The molecule has 1 N–H and O–H groups in total. The van der Waals surface area contributed by atoms with Gasteiger partial charge in [-0.25, -0.2) is 4.39 Å². The highest BCUT2D eigenvalue weighted by molar-refractivity contribution is 6.33. The summed E-state index contributed by atoms with van der Waals surface area (Å²) in [7, 11) is 0. The summed E-state index contributed by atoms with van der Waals surface area (Å²) >= 11 is 17.1. The standard InChI is InChI=1S/C10H5Cl3FN3/c11-5-1-2-7(6(14)3-5)15-8-4-9(12)16-17-10(8)13/h1-4H,(H,15,16). The van der Waals surface area contributed by atoms with Crippen molar-refractivity contribution in [3.8, 4) is 0 Å². The zero-order valence-corrected chi connectivity index (χ0v) is 10.5. The fourth-order valence-corrected chi connectivity index (χ4v) is 1.62. The number of benzene rings is 1. The van der Waals surface area contributed by atoms with E-state index in [4.69, 9.17) is 34.8 Å². The van der Waals surface area contributed by atoms with Crippen LogP contribution in [0.3, 0.4) is 0 Å². The molecule has 1 heterocycles. The van der Waals surface area contributed by atoms with Crippen LogP contribution in [0.2, 0.25) is 15.3 Å². The van der Waals surface area contributed by atoms with Crippen molar-refractivity contribution in [1.29, 1.82) is 0 Å². The van der Waals surface area contributed by atoms with Gasteiger partial charge in [-0.1, -0.05) is 34.8 Å². The Kier molecular flexibility index (Phi) is 3.66. The van der Waals surface area contributed by atoms with Gasteiger partial charge in [-0.3, -0.25) is 0 Å². The molecule has 0 aliphatic heterocycles. The van der Waals surface area contributed by atoms with Gasteiger partial charge >= 0.3 is 0 Å². The van der Waals surface area contributed by atoms with Crippen LogP contribution in [-0.2, 0) is 0 Å². The van der Waals surface area contributed by atoms with Crippen LogP contribution in [0.1, 0.15) is 0 Å². The molecule has 0 unspecified atom stereocenters. The topological polar surface area (TPSA) is 37.8 Å². The predicted octanol–water partition coefficient (Wildman–Crippen LogP) is 4.32. The van der Waals surface area contributed by atoms with Crippen molar-refractivity contribution in [2.75, 3.05) is 5.32 Å². The molecule has 0 saturated carbocycles. The van der Waals surface area contributed by atoms with Gasteiger partial charge in [0.1, 0.15) is 5.82 Å². The number of halogens is 4. The third-order valence-corrected chi connectivity index (χ3v) is 2.62. The summed E-state index contributed by atoms with van der Waals surface area (Å²) in [6.45, 7) is 0. The number of nitrogens with one attached hydrogen (secondary N) is 1. The first-order valence-corrected chi connectivity index (χ1v) is 5.60. The van der Waals surface area contributed by atoms with Crippen molar-refractivity contribution >= 4 is 46.2 Å². The molecule has 1 aromatic carbocycles. The van der Waals surface area contributed by atoms with Gasteiger partial charge in [-0.2, -0.15) is 0 Å². The first-order valence-electron chi connectivity index (χ1n) is 4.47. The lowest BCUT2D eigenvalue weighted by molar-refractivity contribution is 0.632. The number of hydrogen-bond acceptors (Lipinski definition) is 3. The van der Waals surface area contributed by atoms with Crippen LogP contribution >= 0.6 is 34.8 Å². The average molecular weight is 293 g/mol. The zero-order chi connectivity index (χ0) is 12.4. The molecule has 0 spiro atoms. The molecule has 0 aliphatic rings. The highest BCUT2D eigenvalue weighted by Crippen LogP contribution is 2.27. The predicted molar refractivity (Wildman–Crippen MR) is 66.7 cm³/mol. The summed E-state index contributed by atoms with van der Waals surface area (Å²) < 4.78 is 13.5. The number of nitrogens with zero attached hydrogens (tertiary/aromatic N) is 2. The molecule has 3 nitrogen and oxygen atoms in total. The Hall–Kier alpha value is -1.10. The van der Waals surface area contributed by atoms with Crippen LogP contribution in [0.4, 0.5) is 15.8 Å². The van der Waals surface area contributed by atoms with E-state index >= 15 is 0 Å².